The van der Waals surface area contributed by atoms with Gasteiger partial charge in [-0.15, -0.1) is 0 Å². The molecule has 0 amide bonds. The molecule has 0 fully saturated rings. The molecular weight excluding hydrogens is 349 g/mol. The van der Waals surface area contributed by atoms with Crippen molar-refractivity contribution in [1.29, 1.82) is 0 Å². The maximum absolute atomic E-state index is 12.7. The smallest absolute Gasteiger partial charge is 0.258 e. The first-order valence-corrected chi connectivity index (χ1v) is 6.82. The Kier molecular flexibility index (Phi) is 3.99. The SMILES string of the molecule is O=[N+]([O-])c1c(Br)cnc(S(=O)(=O)Cl)c1C(F)F. The van der Waals surface area contributed by atoms with Gasteiger partial charge in [0.25, 0.3) is 21.2 Å². The van der Waals surface area contributed by atoms with Crippen molar-refractivity contribution < 1.29 is 22.1 Å². The number of rotatable bonds is 3. The van der Waals surface area contributed by atoms with Gasteiger partial charge < -0.3 is 0 Å². The summed E-state index contributed by atoms with van der Waals surface area (Å²) >= 11 is 2.64. The molecule has 0 radical (unpaired) electrons. The highest BCUT2D eigenvalue weighted by atomic mass is 79.9. The predicted octanol–water partition coefficient (Wildman–Crippen LogP) is 2.62. The van der Waals surface area contributed by atoms with E-state index in [9.17, 15) is 27.3 Å². The summed E-state index contributed by atoms with van der Waals surface area (Å²) in [6.07, 6.45) is -2.68. The number of hydrogen-bond donors (Lipinski definition) is 0. The van der Waals surface area contributed by atoms with Gasteiger partial charge in [-0.05, 0) is 15.9 Å². The zero-order valence-electron chi connectivity index (χ0n) is 7.60. The van der Waals surface area contributed by atoms with Gasteiger partial charge in [-0.25, -0.2) is 22.2 Å². The fraction of sp³-hybridized carbons (Fsp3) is 0.167. The number of pyridine rings is 1. The average Bonchev–Trinajstić information content (AvgIpc) is 2.14. The van der Waals surface area contributed by atoms with Crippen LogP contribution < -0.4 is 0 Å². The minimum atomic E-state index is -4.60. The highest BCUT2D eigenvalue weighted by molar-refractivity contribution is 9.10. The Morgan fingerprint density at radius 2 is 2.06 bits per heavy atom. The first-order valence-electron chi connectivity index (χ1n) is 3.72. The summed E-state index contributed by atoms with van der Waals surface area (Å²) in [5.74, 6) is 0. The highest BCUT2D eigenvalue weighted by Crippen LogP contribution is 2.38. The molecule has 94 valence electrons. The lowest BCUT2D eigenvalue weighted by molar-refractivity contribution is -0.387. The maximum Gasteiger partial charge on any atom is 0.296 e. The van der Waals surface area contributed by atoms with E-state index in [4.69, 9.17) is 10.7 Å². The molecule has 1 aromatic rings. The molecule has 1 heterocycles. The van der Waals surface area contributed by atoms with E-state index < -0.39 is 36.7 Å². The van der Waals surface area contributed by atoms with Gasteiger partial charge in [0.15, 0.2) is 5.03 Å². The zero-order chi connectivity index (χ0) is 13.4. The summed E-state index contributed by atoms with van der Waals surface area (Å²) in [7, 11) is 0.280. The summed E-state index contributed by atoms with van der Waals surface area (Å²) < 4.78 is 46.9. The van der Waals surface area contributed by atoms with Crippen LogP contribution in [0.5, 0.6) is 0 Å². The fourth-order valence-electron chi connectivity index (χ4n) is 1.05. The fourth-order valence-corrected chi connectivity index (χ4v) is 2.51. The van der Waals surface area contributed by atoms with E-state index in [1.807, 2.05) is 0 Å². The van der Waals surface area contributed by atoms with Crippen LogP contribution in [0.15, 0.2) is 15.7 Å². The molecule has 0 aliphatic carbocycles. The lowest BCUT2D eigenvalue weighted by Gasteiger charge is -2.06. The second-order valence-corrected chi connectivity index (χ2v) is 6.00. The van der Waals surface area contributed by atoms with E-state index in [0.717, 1.165) is 6.20 Å². The minimum absolute atomic E-state index is 0.359. The van der Waals surface area contributed by atoms with Crippen LogP contribution in [0.4, 0.5) is 14.5 Å². The number of alkyl halides is 2. The average molecular weight is 352 g/mol. The third kappa shape index (κ3) is 2.87. The standard InChI is InChI=1S/C6H2BrClF2N2O4S/c7-2-1-11-6(17(8,15)16)3(5(9)10)4(2)12(13)14/h1,5H. The third-order valence-electron chi connectivity index (χ3n) is 1.64. The minimum Gasteiger partial charge on any atom is -0.258 e. The Balaban J connectivity index is 3.78. The second-order valence-electron chi connectivity index (χ2n) is 2.67. The van der Waals surface area contributed by atoms with Crippen molar-refractivity contribution in [3.8, 4) is 0 Å². The van der Waals surface area contributed by atoms with Crippen LogP contribution in [0.2, 0.25) is 0 Å². The van der Waals surface area contributed by atoms with Crippen LogP contribution in [-0.4, -0.2) is 18.3 Å². The summed E-state index contributed by atoms with van der Waals surface area (Å²) in [4.78, 5) is 12.6. The number of hydrogen-bond acceptors (Lipinski definition) is 5. The Labute approximate surface area is 106 Å². The molecule has 0 unspecified atom stereocenters. The Morgan fingerprint density at radius 3 is 2.41 bits per heavy atom. The van der Waals surface area contributed by atoms with Gasteiger partial charge in [-0.3, -0.25) is 10.1 Å². The van der Waals surface area contributed by atoms with Gasteiger partial charge in [0.1, 0.15) is 10.0 Å². The lowest BCUT2D eigenvalue weighted by atomic mass is 10.2. The first kappa shape index (κ1) is 14.2. The quantitative estimate of drug-likeness (QED) is 0.474. The monoisotopic (exact) mass is 350 g/mol. The molecule has 11 heteroatoms. The van der Waals surface area contributed by atoms with Gasteiger partial charge in [-0.1, -0.05) is 0 Å². The molecule has 0 spiro atoms. The molecule has 0 aromatic carbocycles. The van der Waals surface area contributed by atoms with Gasteiger partial charge >= 0.3 is 0 Å². The zero-order valence-corrected chi connectivity index (χ0v) is 10.8. The van der Waals surface area contributed by atoms with Crippen LogP contribution >= 0.6 is 26.6 Å². The summed E-state index contributed by atoms with van der Waals surface area (Å²) in [5.41, 5.74) is -2.41. The van der Waals surface area contributed by atoms with E-state index >= 15 is 0 Å². The van der Waals surface area contributed by atoms with Gasteiger partial charge in [0, 0.05) is 16.9 Å². The van der Waals surface area contributed by atoms with Crippen molar-refractivity contribution in [2.75, 3.05) is 0 Å². The van der Waals surface area contributed by atoms with Crippen LogP contribution in [0.3, 0.4) is 0 Å². The van der Waals surface area contributed by atoms with Crippen molar-refractivity contribution in [3.05, 3.63) is 26.3 Å². The van der Waals surface area contributed by atoms with E-state index in [-0.39, 0.29) is 4.47 Å². The summed E-state index contributed by atoms with van der Waals surface area (Å²) in [6.45, 7) is 0. The largest absolute Gasteiger partial charge is 0.296 e. The molecule has 17 heavy (non-hydrogen) atoms. The van der Waals surface area contributed by atoms with Crippen LogP contribution in [0.25, 0.3) is 0 Å². The van der Waals surface area contributed by atoms with E-state index in [0.29, 0.717) is 0 Å². The van der Waals surface area contributed by atoms with Crippen molar-refractivity contribution in [3.63, 3.8) is 0 Å². The van der Waals surface area contributed by atoms with E-state index in [2.05, 4.69) is 20.9 Å². The molecule has 6 nitrogen and oxygen atoms in total. The number of halogens is 4. The molecule has 0 aliphatic heterocycles. The van der Waals surface area contributed by atoms with Crippen LogP contribution in [0, 0.1) is 10.1 Å². The molecule has 1 aromatic heterocycles. The normalized spacial score (nSPS) is 11.8. The lowest BCUT2D eigenvalue weighted by Crippen LogP contribution is -2.07. The molecule has 0 bridgehead atoms. The first-order chi connectivity index (χ1) is 7.66. The second kappa shape index (κ2) is 4.78. The Morgan fingerprint density at radius 1 is 1.53 bits per heavy atom. The van der Waals surface area contributed by atoms with Gasteiger partial charge in [0.2, 0.25) is 0 Å². The molecule has 0 saturated carbocycles. The number of nitrogens with zero attached hydrogens (tertiary/aromatic N) is 2. The predicted molar refractivity (Wildman–Crippen MR) is 56.6 cm³/mol. The van der Waals surface area contributed by atoms with Crippen molar-refractivity contribution in [2.24, 2.45) is 0 Å². The van der Waals surface area contributed by atoms with Gasteiger partial charge in [0.05, 0.1) is 4.92 Å². The van der Waals surface area contributed by atoms with Gasteiger partial charge in [-0.2, -0.15) is 0 Å². The number of nitro groups is 1. The number of aromatic nitrogens is 1. The van der Waals surface area contributed by atoms with Crippen LogP contribution in [0.1, 0.15) is 12.0 Å². The van der Waals surface area contributed by atoms with Crippen molar-refractivity contribution >= 4 is 41.4 Å². The third-order valence-corrected chi connectivity index (χ3v) is 3.44. The topological polar surface area (TPSA) is 90.2 Å². The van der Waals surface area contributed by atoms with E-state index in [1.54, 1.807) is 0 Å². The maximum atomic E-state index is 12.7. The van der Waals surface area contributed by atoms with E-state index in [1.165, 1.54) is 0 Å². The Bertz CT molecular complexity index is 580. The summed E-state index contributed by atoms with van der Waals surface area (Å²) in [5, 5.41) is 9.38. The van der Waals surface area contributed by atoms with Crippen molar-refractivity contribution in [1.82, 2.24) is 4.98 Å². The Hall–Kier alpha value is -0.870. The van der Waals surface area contributed by atoms with Crippen LogP contribution in [-0.2, 0) is 9.05 Å². The molecule has 0 N–H and O–H groups in total. The summed E-state index contributed by atoms with van der Waals surface area (Å²) in [6, 6.07) is 0. The molecule has 0 aliphatic rings. The molecule has 0 saturated heterocycles. The molecular formula is C6H2BrClF2N2O4S. The van der Waals surface area contributed by atoms with Crippen molar-refractivity contribution in [2.45, 2.75) is 11.5 Å². The molecule has 1 rings (SSSR count). The highest BCUT2D eigenvalue weighted by Gasteiger charge is 2.34. The molecule has 0 atom stereocenters.